The monoisotopic (exact) mass is 228 g/mol. The van der Waals surface area contributed by atoms with E-state index < -0.39 is 0 Å². The van der Waals surface area contributed by atoms with E-state index in [9.17, 15) is 0 Å². The van der Waals surface area contributed by atoms with Gasteiger partial charge in [0.1, 0.15) is 0 Å². The topological polar surface area (TPSA) is 24.5 Å². The lowest BCUT2D eigenvalue weighted by molar-refractivity contribution is 0.157. The maximum atomic E-state index is 5.12. The first kappa shape index (κ1) is 13.9. The third kappa shape index (κ3) is 5.83. The molecule has 0 atom stereocenters. The van der Waals surface area contributed by atoms with Gasteiger partial charge in [-0.25, -0.2) is 0 Å². The van der Waals surface area contributed by atoms with E-state index in [1.54, 1.807) is 7.11 Å². The Balaban J connectivity index is 2.19. The summed E-state index contributed by atoms with van der Waals surface area (Å²) < 4.78 is 5.12. The molecule has 0 bridgehead atoms. The van der Waals surface area contributed by atoms with E-state index in [1.807, 2.05) is 0 Å². The molecule has 0 aromatic heterocycles. The third-order valence-corrected chi connectivity index (χ3v) is 3.34. The van der Waals surface area contributed by atoms with E-state index in [-0.39, 0.29) is 0 Å². The molecule has 0 saturated carbocycles. The molecule has 1 fully saturated rings. The van der Waals surface area contributed by atoms with Crippen LogP contribution in [0.4, 0.5) is 0 Å². The highest BCUT2D eigenvalue weighted by Crippen LogP contribution is 2.13. The predicted octanol–water partition coefficient (Wildman–Crippen LogP) is 1.73. The lowest BCUT2D eigenvalue weighted by atomic mass is 9.97. The Bertz CT molecular complexity index is 158. The fourth-order valence-electron chi connectivity index (χ4n) is 2.47. The van der Waals surface area contributed by atoms with Gasteiger partial charge >= 0.3 is 0 Å². The first-order valence-electron chi connectivity index (χ1n) is 6.78. The van der Waals surface area contributed by atoms with Crippen LogP contribution in [-0.4, -0.2) is 51.3 Å². The summed E-state index contributed by atoms with van der Waals surface area (Å²) in [5.74, 6) is 0.912. The summed E-state index contributed by atoms with van der Waals surface area (Å²) in [6, 6.07) is 0. The van der Waals surface area contributed by atoms with Crippen molar-refractivity contribution in [2.75, 3.05) is 46.4 Å². The summed E-state index contributed by atoms with van der Waals surface area (Å²) in [6.07, 6.45) is 5.13. The van der Waals surface area contributed by atoms with Gasteiger partial charge in [0.2, 0.25) is 0 Å². The van der Waals surface area contributed by atoms with Gasteiger partial charge in [-0.05, 0) is 51.2 Å². The summed E-state index contributed by atoms with van der Waals surface area (Å²) in [5.41, 5.74) is 0. The molecule has 0 radical (unpaired) electrons. The van der Waals surface area contributed by atoms with Gasteiger partial charge in [-0.2, -0.15) is 0 Å². The molecular weight excluding hydrogens is 200 g/mol. The molecule has 16 heavy (non-hydrogen) atoms. The van der Waals surface area contributed by atoms with E-state index in [1.165, 1.54) is 58.4 Å². The average molecular weight is 228 g/mol. The minimum atomic E-state index is 0.895. The average Bonchev–Trinajstić information content (AvgIpc) is 2.31. The van der Waals surface area contributed by atoms with E-state index in [0.29, 0.717) is 0 Å². The van der Waals surface area contributed by atoms with Crippen LogP contribution in [-0.2, 0) is 4.74 Å². The minimum absolute atomic E-state index is 0.895. The SMILES string of the molecule is CCCN(CCCOC)CC1CCNCC1. The van der Waals surface area contributed by atoms with E-state index in [2.05, 4.69) is 17.1 Å². The molecule has 0 amide bonds. The van der Waals surface area contributed by atoms with Crippen molar-refractivity contribution in [1.29, 1.82) is 0 Å². The van der Waals surface area contributed by atoms with Crippen LogP contribution in [0.2, 0.25) is 0 Å². The van der Waals surface area contributed by atoms with Crippen LogP contribution in [0, 0.1) is 5.92 Å². The second-order valence-corrected chi connectivity index (χ2v) is 4.84. The molecular formula is C13H28N2O. The van der Waals surface area contributed by atoms with E-state index in [4.69, 9.17) is 4.74 Å². The number of hydrogen-bond donors (Lipinski definition) is 1. The van der Waals surface area contributed by atoms with Crippen LogP contribution in [0.25, 0.3) is 0 Å². The Morgan fingerprint density at radius 2 is 2.00 bits per heavy atom. The number of methoxy groups -OCH3 is 1. The van der Waals surface area contributed by atoms with Crippen molar-refractivity contribution < 1.29 is 4.74 Å². The first-order valence-corrected chi connectivity index (χ1v) is 6.78. The molecule has 1 aliphatic rings. The summed E-state index contributed by atoms with van der Waals surface area (Å²) in [6.45, 7) is 9.32. The normalized spacial score (nSPS) is 18.2. The van der Waals surface area contributed by atoms with Crippen LogP contribution in [0.15, 0.2) is 0 Å². The summed E-state index contributed by atoms with van der Waals surface area (Å²) in [7, 11) is 1.79. The van der Waals surface area contributed by atoms with Crippen molar-refractivity contribution in [3.63, 3.8) is 0 Å². The summed E-state index contributed by atoms with van der Waals surface area (Å²) in [5, 5.41) is 3.43. The van der Waals surface area contributed by atoms with Crippen molar-refractivity contribution >= 4 is 0 Å². The highest BCUT2D eigenvalue weighted by Gasteiger charge is 2.16. The fraction of sp³-hybridized carbons (Fsp3) is 1.00. The van der Waals surface area contributed by atoms with Crippen LogP contribution in [0.1, 0.15) is 32.6 Å². The zero-order valence-corrected chi connectivity index (χ0v) is 11.0. The van der Waals surface area contributed by atoms with Gasteiger partial charge in [0.15, 0.2) is 0 Å². The fourth-order valence-corrected chi connectivity index (χ4v) is 2.47. The lowest BCUT2D eigenvalue weighted by Gasteiger charge is -2.29. The molecule has 0 spiro atoms. The zero-order valence-electron chi connectivity index (χ0n) is 11.0. The van der Waals surface area contributed by atoms with Gasteiger partial charge in [-0.1, -0.05) is 6.92 Å². The van der Waals surface area contributed by atoms with Gasteiger partial charge in [0.25, 0.3) is 0 Å². The summed E-state index contributed by atoms with van der Waals surface area (Å²) in [4.78, 5) is 2.62. The van der Waals surface area contributed by atoms with E-state index >= 15 is 0 Å². The van der Waals surface area contributed by atoms with Crippen molar-refractivity contribution in [2.45, 2.75) is 32.6 Å². The first-order chi connectivity index (χ1) is 7.86. The Hall–Kier alpha value is -0.120. The second kappa shape index (κ2) is 8.97. The molecule has 0 unspecified atom stereocenters. The largest absolute Gasteiger partial charge is 0.385 e. The second-order valence-electron chi connectivity index (χ2n) is 4.84. The van der Waals surface area contributed by atoms with Gasteiger partial charge in [0, 0.05) is 26.8 Å². The van der Waals surface area contributed by atoms with Crippen molar-refractivity contribution in [2.24, 2.45) is 5.92 Å². The van der Waals surface area contributed by atoms with Crippen molar-refractivity contribution in [3.05, 3.63) is 0 Å². The molecule has 96 valence electrons. The lowest BCUT2D eigenvalue weighted by Crippen LogP contribution is -2.37. The zero-order chi connectivity index (χ0) is 11.6. The smallest absolute Gasteiger partial charge is 0.0474 e. The number of nitrogens with zero attached hydrogens (tertiary/aromatic N) is 1. The van der Waals surface area contributed by atoms with E-state index in [0.717, 1.165) is 12.5 Å². The number of rotatable bonds is 8. The number of ether oxygens (including phenoxy) is 1. The van der Waals surface area contributed by atoms with Crippen LogP contribution in [0.3, 0.4) is 0 Å². The van der Waals surface area contributed by atoms with Crippen LogP contribution >= 0.6 is 0 Å². The van der Waals surface area contributed by atoms with Gasteiger partial charge in [-0.3, -0.25) is 0 Å². The molecule has 3 heteroatoms. The van der Waals surface area contributed by atoms with Crippen molar-refractivity contribution in [3.8, 4) is 0 Å². The molecule has 1 saturated heterocycles. The maximum Gasteiger partial charge on any atom is 0.0474 e. The van der Waals surface area contributed by atoms with Crippen LogP contribution < -0.4 is 5.32 Å². The van der Waals surface area contributed by atoms with Gasteiger partial charge < -0.3 is 15.0 Å². The molecule has 1 heterocycles. The maximum absolute atomic E-state index is 5.12. The predicted molar refractivity (Wildman–Crippen MR) is 68.8 cm³/mol. The molecule has 1 rings (SSSR count). The molecule has 0 aromatic carbocycles. The molecule has 0 aromatic rings. The molecule has 1 aliphatic heterocycles. The quantitative estimate of drug-likeness (QED) is 0.640. The molecule has 0 aliphatic carbocycles. The third-order valence-electron chi connectivity index (χ3n) is 3.34. The number of hydrogen-bond acceptors (Lipinski definition) is 3. The molecule has 1 N–H and O–H groups in total. The summed E-state index contributed by atoms with van der Waals surface area (Å²) >= 11 is 0. The van der Waals surface area contributed by atoms with Gasteiger partial charge in [0.05, 0.1) is 0 Å². The Morgan fingerprint density at radius 3 is 2.62 bits per heavy atom. The van der Waals surface area contributed by atoms with Crippen molar-refractivity contribution in [1.82, 2.24) is 10.2 Å². The van der Waals surface area contributed by atoms with Crippen LogP contribution in [0.5, 0.6) is 0 Å². The van der Waals surface area contributed by atoms with Gasteiger partial charge in [-0.15, -0.1) is 0 Å². The highest BCUT2D eigenvalue weighted by atomic mass is 16.5. The highest BCUT2D eigenvalue weighted by molar-refractivity contribution is 4.72. The Labute approximate surface area is 101 Å². The minimum Gasteiger partial charge on any atom is -0.385 e. The Kier molecular flexibility index (Phi) is 7.81. The standard InChI is InChI=1S/C13H28N2O/c1-3-9-15(10-4-11-16-2)12-13-5-7-14-8-6-13/h13-14H,3-12H2,1-2H3. The Morgan fingerprint density at radius 1 is 1.25 bits per heavy atom. The number of piperidine rings is 1. The molecule has 3 nitrogen and oxygen atoms in total. The number of nitrogens with one attached hydrogen (secondary N) is 1.